The molecule has 2 unspecified atom stereocenters. The van der Waals surface area contributed by atoms with E-state index in [0.717, 1.165) is 38.0 Å². The molecule has 14 heavy (non-hydrogen) atoms. The van der Waals surface area contributed by atoms with Gasteiger partial charge >= 0.3 is 0 Å². The fourth-order valence-corrected chi connectivity index (χ4v) is 2.41. The first kappa shape index (κ1) is 9.93. The highest BCUT2D eigenvalue weighted by molar-refractivity contribution is 5.77. The third-order valence-electron chi connectivity index (χ3n) is 3.32. The number of hydrogen-bond donors (Lipinski definition) is 1. The maximum absolute atomic E-state index is 11.5. The van der Waals surface area contributed by atoms with Gasteiger partial charge in [0.05, 0.1) is 6.54 Å². The molecule has 0 aromatic rings. The van der Waals surface area contributed by atoms with Gasteiger partial charge in [0.25, 0.3) is 0 Å². The van der Waals surface area contributed by atoms with Crippen molar-refractivity contribution in [3.8, 4) is 0 Å². The molecule has 2 aliphatic rings. The third-order valence-corrected chi connectivity index (χ3v) is 3.32. The number of amides is 1. The quantitative estimate of drug-likeness (QED) is 0.631. The average Bonchev–Trinajstić information content (AvgIpc) is 2.63. The second-order valence-electron chi connectivity index (χ2n) is 4.66. The first-order chi connectivity index (χ1) is 6.66. The molecule has 0 radical (unpaired) electrons. The van der Waals surface area contributed by atoms with Crippen LogP contribution in [0.4, 0.5) is 0 Å². The van der Waals surface area contributed by atoms with Crippen LogP contribution < -0.4 is 5.32 Å². The number of nitrogens with zero attached hydrogens (tertiary/aromatic N) is 2. The standard InChI is InChI=1S/C10H19N3O/c1-12(2)10(14)7-13-5-8-3-11-4-9(8)6-13/h8-9,11H,3-7H2,1-2H3. The highest BCUT2D eigenvalue weighted by Crippen LogP contribution is 2.25. The predicted molar refractivity (Wildman–Crippen MR) is 55.0 cm³/mol. The SMILES string of the molecule is CN(C)C(=O)CN1CC2CNCC2C1. The van der Waals surface area contributed by atoms with E-state index in [1.54, 1.807) is 4.90 Å². The Morgan fingerprint density at radius 3 is 2.43 bits per heavy atom. The van der Waals surface area contributed by atoms with Crippen molar-refractivity contribution in [3.05, 3.63) is 0 Å². The lowest BCUT2D eigenvalue weighted by Gasteiger charge is -2.18. The Morgan fingerprint density at radius 2 is 1.93 bits per heavy atom. The van der Waals surface area contributed by atoms with Crippen LogP contribution in [0.5, 0.6) is 0 Å². The summed E-state index contributed by atoms with van der Waals surface area (Å²) in [4.78, 5) is 15.5. The van der Waals surface area contributed by atoms with E-state index in [2.05, 4.69) is 10.2 Å². The lowest BCUT2D eigenvalue weighted by atomic mass is 10.0. The van der Waals surface area contributed by atoms with Gasteiger partial charge in [-0.3, -0.25) is 9.69 Å². The molecule has 0 bridgehead atoms. The minimum atomic E-state index is 0.220. The maximum Gasteiger partial charge on any atom is 0.236 e. The summed E-state index contributed by atoms with van der Waals surface area (Å²) >= 11 is 0. The molecule has 2 aliphatic heterocycles. The van der Waals surface area contributed by atoms with Gasteiger partial charge in [0.2, 0.25) is 5.91 Å². The van der Waals surface area contributed by atoms with E-state index >= 15 is 0 Å². The average molecular weight is 197 g/mol. The summed E-state index contributed by atoms with van der Waals surface area (Å²) in [6.07, 6.45) is 0. The molecule has 2 saturated heterocycles. The molecular formula is C10H19N3O. The van der Waals surface area contributed by atoms with E-state index in [1.165, 1.54) is 0 Å². The minimum absolute atomic E-state index is 0.220. The molecule has 0 aromatic heterocycles. The highest BCUT2D eigenvalue weighted by Gasteiger charge is 2.36. The first-order valence-electron chi connectivity index (χ1n) is 5.30. The number of nitrogens with one attached hydrogen (secondary N) is 1. The van der Waals surface area contributed by atoms with E-state index in [-0.39, 0.29) is 5.91 Å². The molecule has 0 aliphatic carbocycles. The zero-order valence-electron chi connectivity index (χ0n) is 8.99. The van der Waals surface area contributed by atoms with Gasteiger partial charge in [-0.05, 0) is 24.9 Å². The molecule has 80 valence electrons. The van der Waals surface area contributed by atoms with Gasteiger partial charge in [-0.25, -0.2) is 0 Å². The van der Waals surface area contributed by atoms with E-state index < -0.39 is 0 Å². The molecule has 2 atom stereocenters. The molecule has 0 saturated carbocycles. The molecule has 2 rings (SSSR count). The monoisotopic (exact) mass is 197 g/mol. The van der Waals surface area contributed by atoms with Crippen molar-refractivity contribution in [2.45, 2.75) is 0 Å². The highest BCUT2D eigenvalue weighted by atomic mass is 16.2. The van der Waals surface area contributed by atoms with Crippen LogP contribution in [0.25, 0.3) is 0 Å². The number of likely N-dealkylation sites (tertiary alicyclic amines) is 1. The van der Waals surface area contributed by atoms with Crippen LogP contribution in [0, 0.1) is 11.8 Å². The van der Waals surface area contributed by atoms with Crippen LogP contribution in [0.3, 0.4) is 0 Å². The topological polar surface area (TPSA) is 35.6 Å². The zero-order chi connectivity index (χ0) is 10.1. The fraction of sp³-hybridized carbons (Fsp3) is 0.900. The summed E-state index contributed by atoms with van der Waals surface area (Å²) in [6, 6.07) is 0. The van der Waals surface area contributed by atoms with Gasteiger partial charge < -0.3 is 10.2 Å². The van der Waals surface area contributed by atoms with Gasteiger partial charge in [0.15, 0.2) is 0 Å². The smallest absolute Gasteiger partial charge is 0.236 e. The molecule has 2 heterocycles. The minimum Gasteiger partial charge on any atom is -0.348 e. The summed E-state index contributed by atoms with van der Waals surface area (Å²) in [7, 11) is 3.64. The van der Waals surface area contributed by atoms with Crippen LogP contribution in [0.1, 0.15) is 0 Å². The number of hydrogen-bond acceptors (Lipinski definition) is 3. The molecule has 1 N–H and O–H groups in total. The molecule has 0 spiro atoms. The summed E-state index contributed by atoms with van der Waals surface area (Å²) < 4.78 is 0. The molecular weight excluding hydrogens is 178 g/mol. The molecule has 0 aromatic carbocycles. The predicted octanol–water partition coefficient (Wildman–Crippen LogP) is -0.774. The summed E-state index contributed by atoms with van der Waals surface area (Å²) in [5.74, 6) is 1.79. The third kappa shape index (κ3) is 1.91. The van der Waals surface area contributed by atoms with Gasteiger partial charge in [-0.1, -0.05) is 0 Å². The normalized spacial score (nSPS) is 31.9. The van der Waals surface area contributed by atoms with Gasteiger partial charge in [0, 0.05) is 27.2 Å². The molecule has 4 nitrogen and oxygen atoms in total. The molecule has 4 heteroatoms. The van der Waals surface area contributed by atoms with Crippen LogP contribution in [-0.4, -0.2) is 62.5 Å². The maximum atomic E-state index is 11.5. The van der Waals surface area contributed by atoms with Crippen LogP contribution >= 0.6 is 0 Å². The molecule has 2 fully saturated rings. The summed E-state index contributed by atoms with van der Waals surface area (Å²) in [5.41, 5.74) is 0. The largest absolute Gasteiger partial charge is 0.348 e. The summed E-state index contributed by atoms with van der Waals surface area (Å²) in [5, 5.41) is 3.40. The van der Waals surface area contributed by atoms with Crippen molar-refractivity contribution in [1.29, 1.82) is 0 Å². The summed E-state index contributed by atoms with van der Waals surface area (Å²) in [6.45, 7) is 5.06. The Kier molecular flexibility index (Phi) is 2.74. The Bertz CT molecular complexity index is 217. The van der Waals surface area contributed by atoms with Crippen molar-refractivity contribution in [3.63, 3.8) is 0 Å². The van der Waals surface area contributed by atoms with Crippen LogP contribution in [0.15, 0.2) is 0 Å². The lowest BCUT2D eigenvalue weighted by Crippen LogP contribution is -2.36. The number of likely N-dealkylation sites (N-methyl/N-ethyl adjacent to an activating group) is 1. The lowest BCUT2D eigenvalue weighted by molar-refractivity contribution is -0.129. The Balaban J connectivity index is 1.82. The fourth-order valence-electron chi connectivity index (χ4n) is 2.41. The number of carbonyl (C=O) groups excluding carboxylic acids is 1. The van der Waals surface area contributed by atoms with Crippen molar-refractivity contribution in [2.75, 3.05) is 46.8 Å². The van der Waals surface area contributed by atoms with Gasteiger partial charge in [-0.15, -0.1) is 0 Å². The second-order valence-corrected chi connectivity index (χ2v) is 4.66. The second kappa shape index (κ2) is 3.87. The van der Waals surface area contributed by atoms with Crippen molar-refractivity contribution in [2.24, 2.45) is 11.8 Å². The number of fused-ring (bicyclic) bond motifs is 1. The van der Waals surface area contributed by atoms with Crippen LogP contribution in [0.2, 0.25) is 0 Å². The van der Waals surface area contributed by atoms with E-state index in [0.29, 0.717) is 6.54 Å². The number of rotatable bonds is 2. The Labute approximate surface area is 85.2 Å². The van der Waals surface area contributed by atoms with Gasteiger partial charge in [-0.2, -0.15) is 0 Å². The van der Waals surface area contributed by atoms with E-state index in [1.807, 2.05) is 14.1 Å². The van der Waals surface area contributed by atoms with E-state index in [4.69, 9.17) is 0 Å². The first-order valence-corrected chi connectivity index (χ1v) is 5.30. The zero-order valence-corrected chi connectivity index (χ0v) is 8.99. The van der Waals surface area contributed by atoms with Crippen molar-refractivity contribution in [1.82, 2.24) is 15.1 Å². The Hall–Kier alpha value is -0.610. The van der Waals surface area contributed by atoms with Crippen molar-refractivity contribution < 1.29 is 4.79 Å². The van der Waals surface area contributed by atoms with Crippen molar-refractivity contribution >= 4 is 5.91 Å². The number of carbonyl (C=O) groups is 1. The molecule has 1 amide bonds. The van der Waals surface area contributed by atoms with E-state index in [9.17, 15) is 4.79 Å². The van der Waals surface area contributed by atoms with Gasteiger partial charge in [0.1, 0.15) is 0 Å². The van der Waals surface area contributed by atoms with Crippen LogP contribution in [-0.2, 0) is 4.79 Å². The Morgan fingerprint density at radius 1 is 1.36 bits per heavy atom.